The van der Waals surface area contributed by atoms with Gasteiger partial charge in [0.1, 0.15) is 5.82 Å². The fourth-order valence-corrected chi connectivity index (χ4v) is 3.32. The van der Waals surface area contributed by atoms with Gasteiger partial charge in [0, 0.05) is 6.54 Å². The standard InChI is InChI=1S/C18H21F4N5O/c1-12-16(24-25-27(12)9-13-4-2-6-15(19)8-13)23-17(28)14-5-3-7-26(10-14)11-18(20,21)22/h2,4,6,8,14H,3,5,7,9-11H2,1H3,(H,23,28)/t14-/m1/s1. The number of carbonyl (C=O) groups is 1. The van der Waals surface area contributed by atoms with Crippen LogP contribution >= 0.6 is 0 Å². The number of halogens is 4. The fraction of sp³-hybridized carbons (Fsp3) is 0.500. The Morgan fingerprint density at radius 2 is 2.14 bits per heavy atom. The molecule has 152 valence electrons. The lowest BCUT2D eigenvalue weighted by Gasteiger charge is -2.32. The van der Waals surface area contributed by atoms with E-state index in [9.17, 15) is 22.4 Å². The smallest absolute Gasteiger partial charge is 0.307 e. The van der Waals surface area contributed by atoms with Crippen LogP contribution in [0.15, 0.2) is 24.3 Å². The van der Waals surface area contributed by atoms with Crippen LogP contribution in [0.25, 0.3) is 0 Å². The van der Waals surface area contributed by atoms with Crippen LogP contribution in [0.1, 0.15) is 24.1 Å². The Hall–Kier alpha value is -2.49. The summed E-state index contributed by atoms with van der Waals surface area (Å²) in [5, 5.41) is 10.6. The lowest BCUT2D eigenvalue weighted by atomic mass is 9.97. The van der Waals surface area contributed by atoms with Gasteiger partial charge < -0.3 is 5.32 Å². The van der Waals surface area contributed by atoms with Crippen molar-refractivity contribution in [3.8, 4) is 0 Å². The van der Waals surface area contributed by atoms with E-state index in [-0.39, 0.29) is 30.6 Å². The Morgan fingerprint density at radius 3 is 2.86 bits per heavy atom. The molecular weight excluding hydrogens is 378 g/mol. The van der Waals surface area contributed by atoms with E-state index < -0.39 is 18.6 Å². The van der Waals surface area contributed by atoms with Crippen LogP contribution in [0, 0.1) is 18.7 Å². The first-order chi connectivity index (χ1) is 13.2. The van der Waals surface area contributed by atoms with Crippen molar-refractivity contribution in [2.45, 2.75) is 32.5 Å². The van der Waals surface area contributed by atoms with Crippen LogP contribution in [0.4, 0.5) is 23.4 Å². The van der Waals surface area contributed by atoms with Crippen molar-refractivity contribution in [1.29, 1.82) is 0 Å². The second-order valence-electron chi connectivity index (χ2n) is 6.99. The Morgan fingerprint density at radius 1 is 1.36 bits per heavy atom. The molecule has 0 saturated carbocycles. The first kappa shape index (κ1) is 20.2. The molecule has 0 radical (unpaired) electrons. The molecule has 0 bridgehead atoms. The van der Waals surface area contributed by atoms with Crippen LogP contribution in [-0.2, 0) is 11.3 Å². The molecule has 1 aliphatic heterocycles. The van der Waals surface area contributed by atoms with Crippen molar-refractivity contribution in [3.05, 3.63) is 41.3 Å². The molecule has 1 aliphatic rings. The van der Waals surface area contributed by atoms with Crippen LogP contribution in [0.3, 0.4) is 0 Å². The maximum absolute atomic E-state index is 13.3. The molecule has 0 unspecified atom stereocenters. The SMILES string of the molecule is Cc1c(NC(=O)[C@@H]2CCCN(CC(F)(F)F)C2)nnn1Cc1cccc(F)c1. The summed E-state index contributed by atoms with van der Waals surface area (Å²) in [6.07, 6.45) is -3.23. The molecule has 2 aromatic rings. The number of carbonyl (C=O) groups excluding carboxylic acids is 1. The minimum absolute atomic E-state index is 0.0574. The fourth-order valence-electron chi connectivity index (χ4n) is 3.32. The van der Waals surface area contributed by atoms with Gasteiger partial charge in [0.05, 0.1) is 24.7 Å². The third kappa shape index (κ3) is 5.28. The minimum Gasteiger partial charge on any atom is -0.307 e. The molecular formula is C18H21F4N5O. The summed E-state index contributed by atoms with van der Waals surface area (Å²) < 4.78 is 52.6. The molecule has 2 heterocycles. The second-order valence-corrected chi connectivity index (χ2v) is 6.99. The molecule has 28 heavy (non-hydrogen) atoms. The first-order valence-corrected chi connectivity index (χ1v) is 8.96. The van der Waals surface area contributed by atoms with Crippen LogP contribution in [-0.4, -0.2) is 51.6 Å². The average molecular weight is 399 g/mol. The molecule has 1 fully saturated rings. The highest BCUT2D eigenvalue weighted by atomic mass is 19.4. The van der Waals surface area contributed by atoms with Gasteiger partial charge in [0.15, 0.2) is 5.82 Å². The summed E-state index contributed by atoms with van der Waals surface area (Å²) in [6.45, 7) is 1.37. The monoisotopic (exact) mass is 399 g/mol. The lowest BCUT2D eigenvalue weighted by Crippen LogP contribution is -2.44. The molecule has 10 heteroatoms. The number of rotatable bonds is 5. The zero-order chi connectivity index (χ0) is 20.3. The zero-order valence-corrected chi connectivity index (χ0v) is 15.3. The van der Waals surface area contributed by atoms with Gasteiger partial charge >= 0.3 is 6.18 Å². The predicted molar refractivity (Wildman–Crippen MR) is 94.1 cm³/mol. The van der Waals surface area contributed by atoms with Crippen LogP contribution in [0.5, 0.6) is 0 Å². The van der Waals surface area contributed by atoms with Crippen molar-refractivity contribution in [2.75, 3.05) is 25.0 Å². The van der Waals surface area contributed by atoms with E-state index in [1.807, 2.05) is 0 Å². The number of nitrogens with one attached hydrogen (secondary N) is 1. The molecule has 1 aromatic heterocycles. The molecule has 0 aliphatic carbocycles. The molecule has 1 atom stereocenters. The van der Waals surface area contributed by atoms with Gasteiger partial charge in [0.2, 0.25) is 5.91 Å². The van der Waals surface area contributed by atoms with Gasteiger partial charge in [-0.1, -0.05) is 17.3 Å². The van der Waals surface area contributed by atoms with Gasteiger partial charge in [-0.05, 0) is 44.0 Å². The third-order valence-electron chi connectivity index (χ3n) is 4.72. The predicted octanol–water partition coefficient (Wildman–Crippen LogP) is 2.99. The molecule has 1 saturated heterocycles. The molecule has 1 aromatic carbocycles. The highest BCUT2D eigenvalue weighted by molar-refractivity contribution is 5.92. The Balaban J connectivity index is 1.62. The Kier molecular flexibility index (Phi) is 5.97. The molecule has 0 spiro atoms. The largest absolute Gasteiger partial charge is 0.401 e. The molecule has 1 N–H and O–H groups in total. The number of aromatic nitrogens is 3. The molecule has 3 rings (SSSR count). The van der Waals surface area contributed by atoms with Gasteiger partial charge in [-0.15, -0.1) is 5.10 Å². The van der Waals surface area contributed by atoms with E-state index in [1.165, 1.54) is 21.7 Å². The van der Waals surface area contributed by atoms with E-state index in [1.54, 1.807) is 19.1 Å². The van der Waals surface area contributed by atoms with E-state index in [0.717, 1.165) is 0 Å². The maximum atomic E-state index is 13.3. The number of nitrogens with zero attached hydrogens (tertiary/aromatic N) is 4. The molecule has 1 amide bonds. The number of hydrogen-bond donors (Lipinski definition) is 1. The van der Waals surface area contributed by atoms with Crippen molar-refractivity contribution >= 4 is 11.7 Å². The summed E-state index contributed by atoms with van der Waals surface area (Å²) in [5.41, 5.74) is 1.28. The number of anilines is 1. The third-order valence-corrected chi connectivity index (χ3v) is 4.72. The maximum Gasteiger partial charge on any atom is 0.401 e. The summed E-state index contributed by atoms with van der Waals surface area (Å²) in [6, 6.07) is 6.07. The number of alkyl halides is 3. The number of benzene rings is 1. The van der Waals surface area contributed by atoms with Gasteiger partial charge in [0.25, 0.3) is 0 Å². The van der Waals surface area contributed by atoms with Crippen molar-refractivity contribution in [2.24, 2.45) is 5.92 Å². The van der Waals surface area contributed by atoms with Gasteiger partial charge in [-0.25, -0.2) is 9.07 Å². The van der Waals surface area contributed by atoms with Crippen LogP contribution < -0.4 is 5.32 Å². The second kappa shape index (κ2) is 8.26. The summed E-state index contributed by atoms with van der Waals surface area (Å²) in [7, 11) is 0. The Labute approximate surface area is 159 Å². The van der Waals surface area contributed by atoms with Crippen molar-refractivity contribution in [3.63, 3.8) is 0 Å². The molecule has 6 nitrogen and oxygen atoms in total. The van der Waals surface area contributed by atoms with Crippen LogP contribution in [0.2, 0.25) is 0 Å². The average Bonchev–Trinajstić information content (AvgIpc) is 2.94. The van der Waals surface area contributed by atoms with E-state index in [0.29, 0.717) is 30.6 Å². The number of hydrogen-bond acceptors (Lipinski definition) is 4. The quantitative estimate of drug-likeness (QED) is 0.786. The van der Waals surface area contributed by atoms with Crippen molar-refractivity contribution in [1.82, 2.24) is 19.9 Å². The number of likely N-dealkylation sites (tertiary alicyclic amines) is 1. The van der Waals surface area contributed by atoms with E-state index in [4.69, 9.17) is 0 Å². The Bertz CT molecular complexity index is 836. The first-order valence-electron chi connectivity index (χ1n) is 8.96. The lowest BCUT2D eigenvalue weighted by molar-refractivity contribution is -0.151. The summed E-state index contributed by atoms with van der Waals surface area (Å²) >= 11 is 0. The highest BCUT2D eigenvalue weighted by Crippen LogP contribution is 2.23. The van der Waals surface area contributed by atoms with Crippen molar-refractivity contribution < 1.29 is 22.4 Å². The topological polar surface area (TPSA) is 63.1 Å². The summed E-state index contributed by atoms with van der Waals surface area (Å²) in [5.74, 6) is -1.00. The highest BCUT2D eigenvalue weighted by Gasteiger charge is 2.34. The normalized spacial score (nSPS) is 18.2. The minimum atomic E-state index is -4.28. The zero-order valence-electron chi connectivity index (χ0n) is 15.3. The number of piperidine rings is 1. The summed E-state index contributed by atoms with van der Waals surface area (Å²) in [4.78, 5) is 13.7. The number of amides is 1. The van der Waals surface area contributed by atoms with E-state index in [2.05, 4.69) is 15.6 Å². The van der Waals surface area contributed by atoms with Gasteiger partial charge in [-0.2, -0.15) is 13.2 Å². The van der Waals surface area contributed by atoms with E-state index >= 15 is 0 Å². The van der Waals surface area contributed by atoms with Gasteiger partial charge in [-0.3, -0.25) is 9.69 Å².